The third-order valence-electron chi connectivity index (χ3n) is 2.75. The van der Waals surface area contributed by atoms with Crippen LogP contribution in [0, 0.1) is 12.7 Å². The van der Waals surface area contributed by atoms with E-state index >= 15 is 0 Å². The van der Waals surface area contributed by atoms with Gasteiger partial charge in [-0.2, -0.15) is 4.37 Å². The van der Waals surface area contributed by atoms with Crippen LogP contribution >= 0.6 is 11.5 Å². The number of aromatic nitrogens is 1. The third-order valence-corrected chi connectivity index (χ3v) is 3.47. The number of halogens is 1. The highest BCUT2D eigenvalue weighted by molar-refractivity contribution is 7.03. The summed E-state index contributed by atoms with van der Waals surface area (Å²) in [6.07, 6.45) is -0.856. The van der Waals surface area contributed by atoms with Crippen molar-refractivity contribution in [3.63, 3.8) is 0 Å². The summed E-state index contributed by atoms with van der Waals surface area (Å²) in [5.74, 6) is -0.170. The number of carbonyl (C=O) groups is 1. The predicted molar refractivity (Wildman–Crippen MR) is 77.1 cm³/mol. The van der Waals surface area contributed by atoms with Crippen molar-refractivity contribution in [3.05, 3.63) is 46.7 Å². The van der Waals surface area contributed by atoms with E-state index in [-0.39, 0.29) is 24.9 Å². The van der Waals surface area contributed by atoms with E-state index in [9.17, 15) is 14.3 Å². The van der Waals surface area contributed by atoms with Crippen LogP contribution in [0.5, 0.6) is 5.75 Å². The highest BCUT2D eigenvalue weighted by Crippen LogP contribution is 2.11. The van der Waals surface area contributed by atoms with Gasteiger partial charge in [-0.25, -0.2) is 4.39 Å². The van der Waals surface area contributed by atoms with Crippen LogP contribution < -0.4 is 10.1 Å². The number of rotatable bonds is 6. The Kier molecular flexibility index (Phi) is 5.24. The molecule has 2 aromatic rings. The lowest BCUT2D eigenvalue weighted by molar-refractivity contribution is 0.0843. The maximum absolute atomic E-state index is 12.7. The molecular formula is C14H15FN2O3S. The van der Waals surface area contributed by atoms with Crippen molar-refractivity contribution in [2.45, 2.75) is 13.0 Å². The summed E-state index contributed by atoms with van der Waals surface area (Å²) in [5, 5.41) is 14.0. The second kappa shape index (κ2) is 7.14. The molecule has 1 heterocycles. The Morgan fingerprint density at radius 3 is 2.81 bits per heavy atom. The number of benzene rings is 1. The molecule has 0 spiro atoms. The van der Waals surface area contributed by atoms with E-state index in [0.717, 1.165) is 0 Å². The molecule has 0 aliphatic rings. The molecule has 2 N–H and O–H groups in total. The minimum Gasteiger partial charge on any atom is -0.491 e. The summed E-state index contributed by atoms with van der Waals surface area (Å²) < 4.78 is 22.0. The smallest absolute Gasteiger partial charge is 0.254 e. The monoisotopic (exact) mass is 310 g/mol. The van der Waals surface area contributed by atoms with Crippen LogP contribution in [0.2, 0.25) is 0 Å². The van der Waals surface area contributed by atoms with E-state index in [0.29, 0.717) is 17.0 Å². The number of ether oxygens (including phenoxy) is 1. The fourth-order valence-corrected chi connectivity index (χ4v) is 2.29. The Morgan fingerprint density at radius 1 is 1.48 bits per heavy atom. The molecule has 0 aliphatic carbocycles. The number of carbonyl (C=O) groups excluding carboxylic acids is 1. The van der Waals surface area contributed by atoms with E-state index in [4.69, 9.17) is 4.74 Å². The second-order valence-corrected chi connectivity index (χ2v) is 5.07. The number of nitrogens with zero attached hydrogens (tertiary/aromatic N) is 1. The van der Waals surface area contributed by atoms with Crippen molar-refractivity contribution in [1.82, 2.24) is 9.69 Å². The average Bonchev–Trinajstić information content (AvgIpc) is 2.90. The van der Waals surface area contributed by atoms with Gasteiger partial charge >= 0.3 is 0 Å². The van der Waals surface area contributed by atoms with Crippen molar-refractivity contribution < 1.29 is 19.0 Å². The van der Waals surface area contributed by atoms with E-state index in [1.807, 2.05) is 0 Å². The molecule has 1 aromatic carbocycles. The van der Waals surface area contributed by atoms with Gasteiger partial charge in [0.1, 0.15) is 24.3 Å². The van der Waals surface area contributed by atoms with Gasteiger partial charge in [-0.15, -0.1) is 0 Å². The third kappa shape index (κ3) is 4.51. The highest BCUT2D eigenvalue weighted by atomic mass is 32.1. The molecule has 0 aliphatic heterocycles. The number of hydrogen-bond donors (Lipinski definition) is 2. The standard InChI is InChI=1S/C14H15FN2O3S/c1-9-13(8-21-17-9)14(19)16-6-11(18)7-20-12-4-2-10(15)3-5-12/h2-5,8,11,18H,6-7H2,1H3,(H,16,19). The lowest BCUT2D eigenvalue weighted by atomic mass is 10.2. The van der Waals surface area contributed by atoms with Crippen molar-refractivity contribution >= 4 is 17.4 Å². The van der Waals surface area contributed by atoms with Crippen LogP contribution in [0.3, 0.4) is 0 Å². The molecule has 1 aromatic heterocycles. The summed E-state index contributed by atoms with van der Waals surface area (Å²) in [4.78, 5) is 11.8. The number of hydrogen-bond acceptors (Lipinski definition) is 5. The number of nitrogens with one attached hydrogen (secondary N) is 1. The molecule has 1 amide bonds. The predicted octanol–water partition coefficient (Wildman–Crippen LogP) is 1.76. The first-order valence-electron chi connectivity index (χ1n) is 6.32. The average molecular weight is 310 g/mol. The van der Waals surface area contributed by atoms with Crippen molar-refractivity contribution in [1.29, 1.82) is 0 Å². The summed E-state index contributed by atoms with van der Waals surface area (Å²) in [6, 6.07) is 5.49. The molecule has 0 radical (unpaired) electrons. The molecule has 0 bridgehead atoms. The minimum absolute atomic E-state index is 0.00673. The Morgan fingerprint density at radius 2 is 2.19 bits per heavy atom. The fourth-order valence-electron chi connectivity index (χ4n) is 1.60. The molecule has 0 fully saturated rings. The van der Waals surface area contributed by atoms with E-state index in [1.165, 1.54) is 35.8 Å². The Balaban J connectivity index is 1.75. The van der Waals surface area contributed by atoms with Crippen LogP contribution in [0.1, 0.15) is 16.1 Å². The van der Waals surface area contributed by atoms with Gasteiger partial charge in [0, 0.05) is 11.9 Å². The first kappa shape index (κ1) is 15.4. The van der Waals surface area contributed by atoms with E-state index in [1.54, 1.807) is 12.3 Å². The first-order valence-corrected chi connectivity index (χ1v) is 7.15. The maximum atomic E-state index is 12.7. The van der Waals surface area contributed by atoms with Gasteiger partial charge in [-0.1, -0.05) is 0 Å². The molecular weight excluding hydrogens is 295 g/mol. The van der Waals surface area contributed by atoms with Crippen molar-refractivity contribution in [2.75, 3.05) is 13.2 Å². The van der Waals surface area contributed by atoms with Crippen LogP contribution in [-0.4, -0.2) is 34.6 Å². The van der Waals surface area contributed by atoms with Crippen LogP contribution in [0.15, 0.2) is 29.6 Å². The van der Waals surface area contributed by atoms with Gasteiger partial charge in [-0.05, 0) is 42.7 Å². The number of aryl methyl sites for hydroxylation is 1. The Labute approximate surface area is 125 Å². The topological polar surface area (TPSA) is 71.5 Å². The molecule has 1 unspecified atom stereocenters. The zero-order valence-corrected chi connectivity index (χ0v) is 12.2. The number of aliphatic hydroxyl groups is 1. The summed E-state index contributed by atoms with van der Waals surface area (Å²) in [6.45, 7) is 1.82. The maximum Gasteiger partial charge on any atom is 0.254 e. The molecule has 7 heteroatoms. The number of amides is 1. The zero-order chi connectivity index (χ0) is 15.2. The van der Waals surface area contributed by atoms with Crippen molar-refractivity contribution in [3.8, 4) is 5.75 Å². The fraction of sp³-hybridized carbons (Fsp3) is 0.286. The van der Waals surface area contributed by atoms with Crippen molar-refractivity contribution in [2.24, 2.45) is 0 Å². The highest BCUT2D eigenvalue weighted by Gasteiger charge is 2.13. The van der Waals surface area contributed by atoms with Gasteiger partial charge in [0.25, 0.3) is 5.91 Å². The molecule has 0 saturated heterocycles. The lowest BCUT2D eigenvalue weighted by Gasteiger charge is -2.13. The normalized spacial score (nSPS) is 12.0. The summed E-state index contributed by atoms with van der Waals surface area (Å²) in [7, 11) is 0. The second-order valence-electron chi connectivity index (χ2n) is 4.44. The summed E-state index contributed by atoms with van der Waals surface area (Å²) >= 11 is 1.21. The van der Waals surface area contributed by atoms with Gasteiger partial charge in [0.2, 0.25) is 0 Å². The molecule has 2 rings (SSSR count). The SMILES string of the molecule is Cc1nscc1C(=O)NCC(O)COc1ccc(F)cc1. The van der Waals surface area contributed by atoms with Crippen LogP contribution in [0.25, 0.3) is 0 Å². The van der Waals surface area contributed by atoms with Crippen LogP contribution in [0.4, 0.5) is 4.39 Å². The van der Waals surface area contributed by atoms with Gasteiger partial charge in [0.05, 0.1) is 11.3 Å². The lowest BCUT2D eigenvalue weighted by Crippen LogP contribution is -2.35. The largest absolute Gasteiger partial charge is 0.491 e. The first-order chi connectivity index (χ1) is 10.1. The Bertz CT molecular complexity index is 601. The van der Waals surface area contributed by atoms with E-state index in [2.05, 4.69) is 9.69 Å². The quantitative estimate of drug-likeness (QED) is 0.853. The number of aliphatic hydroxyl groups excluding tert-OH is 1. The summed E-state index contributed by atoms with van der Waals surface area (Å²) in [5.41, 5.74) is 1.17. The molecule has 21 heavy (non-hydrogen) atoms. The van der Waals surface area contributed by atoms with Gasteiger partial charge in [0.15, 0.2) is 0 Å². The molecule has 1 atom stereocenters. The van der Waals surface area contributed by atoms with Gasteiger partial charge in [-0.3, -0.25) is 4.79 Å². The van der Waals surface area contributed by atoms with Crippen LogP contribution in [-0.2, 0) is 0 Å². The molecule has 0 saturated carbocycles. The minimum atomic E-state index is -0.856. The van der Waals surface area contributed by atoms with E-state index < -0.39 is 6.10 Å². The molecule has 112 valence electrons. The Hall–Kier alpha value is -1.99. The van der Waals surface area contributed by atoms with Gasteiger partial charge < -0.3 is 15.2 Å². The molecule has 5 nitrogen and oxygen atoms in total. The zero-order valence-electron chi connectivity index (χ0n) is 11.4.